The van der Waals surface area contributed by atoms with Crippen molar-refractivity contribution in [3.05, 3.63) is 66.0 Å². The fourth-order valence-electron chi connectivity index (χ4n) is 3.66. The highest BCUT2D eigenvalue weighted by molar-refractivity contribution is 5.95. The lowest BCUT2D eigenvalue weighted by molar-refractivity contribution is -0.126. The van der Waals surface area contributed by atoms with Crippen molar-refractivity contribution in [3.8, 4) is 11.4 Å². The molecule has 0 spiro atoms. The number of anilines is 1. The van der Waals surface area contributed by atoms with Crippen LogP contribution in [0.15, 0.2) is 54.6 Å². The number of carbonyl (C=O) groups excluding carboxylic acids is 1. The van der Waals surface area contributed by atoms with Gasteiger partial charge in [0.2, 0.25) is 0 Å². The summed E-state index contributed by atoms with van der Waals surface area (Å²) in [5.41, 5.74) is 2.49. The largest absolute Gasteiger partial charge is 0.367 e. The first-order valence-corrected chi connectivity index (χ1v) is 9.67. The van der Waals surface area contributed by atoms with Crippen LogP contribution >= 0.6 is 0 Å². The van der Waals surface area contributed by atoms with Crippen molar-refractivity contribution in [3.63, 3.8) is 0 Å². The molecule has 6 nitrogen and oxygen atoms in total. The number of aryl methyl sites for hydroxylation is 1. The number of aromatic nitrogens is 3. The standard InChI is InChI=1S/C22H24N4O2/c1-28-20(16-9-4-2-5-10-16)22(27)23-18-12-8-11-17(15-18)21-25-24-19-13-6-3-7-14-26(19)21/h2,4-5,8-12,15,20H,3,6-7,13-14H2,1H3,(H,23,27)/t20-/m0/s1. The number of carbonyl (C=O) groups is 1. The molecule has 3 aromatic rings. The van der Waals surface area contributed by atoms with E-state index in [1.807, 2.05) is 54.6 Å². The Morgan fingerprint density at radius 3 is 2.75 bits per heavy atom. The topological polar surface area (TPSA) is 69.0 Å². The van der Waals surface area contributed by atoms with Crippen LogP contribution in [0.1, 0.15) is 36.8 Å². The van der Waals surface area contributed by atoms with Crippen molar-refractivity contribution in [2.24, 2.45) is 0 Å². The minimum Gasteiger partial charge on any atom is -0.367 e. The summed E-state index contributed by atoms with van der Waals surface area (Å²) in [4.78, 5) is 12.8. The minimum atomic E-state index is -0.658. The van der Waals surface area contributed by atoms with Crippen molar-refractivity contribution in [1.82, 2.24) is 14.8 Å². The summed E-state index contributed by atoms with van der Waals surface area (Å²) in [6, 6.07) is 17.2. The molecule has 144 valence electrons. The Morgan fingerprint density at radius 2 is 1.93 bits per heavy atom. The van der Waals surface area contributed by atoms with Gasteiger partial charge in [-0.15, -0.1) is 10.2 Å². The second kappa shape index (κ2) is 8.35. The van der Waals surface area contributed by atoms with E-state index in [1.54, 1.807) is 7.11 Å². The molecular weight excluding hydrogens is 352 g/mol. The van der Waals surface area contributed by atoms with Gasteiger partial charge >= 0.3 is 0 Å². The molecular formula is C22H24N4O2. The lowest BCUT2D eigenvalue weighted by Crippen LogP contribution is -2.22. The van der Waals surface area contributed by atoms with Gasteiger partial charge in [-0.2, -0.15) is 0 Å². The van der Waals surface area contributed by atoms with Gasteiger partial charge in [-0.3, -0.25) is 4.79 Å². The Hall–Kier alpha value is -2.99. The van der Waals surface area contributed by atoms with Gasteiger partial charge in [0.25, 0.3) is 5.91 Å². The van der Waals surface area contributed by atoms with Gasteiger partial charge in [0.15, 0.2) is 11.9 Å². The Morgan fingerprint density at radius 1 is 1.07 bits per heavy atom. The van der Waals surface area contributed by atoms with E-state index >= 15 is 0 Å². The quantitative estimate of drug-likeness (QED) is 0.731. The number of ether oxygens (including phenoxy) is 1. The Kier molecular flexibility index (Phi) is 5.48. The lowest BCUT2D eigenvalue weighted by Gasteiger charge is -2.16. The number of rotatable bonds is 5. The van der Waals surface area contributed by atoms with Crippen LogP contribution in [-0.4, -0.2) is 27.8 Å². The normalized spacial score (nSPS) is 14.8. The molecule has 0 saturated heterocycles. The van der Waals surface area contributed by atoms with E-state index in [0.717, 1.165) is 48.6 Å². The molecule has 0 unspecified atom stereocenters. The van der Waals surface area contributed by atoms with Crippen molar-refractivity contribution in [2.45, 2.75) is 38.3 Å². The molecule has 1 aliphatic heterocycles. The Balaban J connectivity index is 1.56. The molecule has 1 amide bonds. The average molecular weight is 376 g/mol. The maximum absolute atomic E-state index is 12.8. The smallest absolute Gasteiger partial charge is 0.258 e. The monoisotopic (exact) mass is 376 g/mol. The van der Waals surface area contributed by atoms with E-state index in [0.29, 0.717) is 5.69 Å². The van der Waals surface area contributed by atoms with Crippen molar-refractivity contribution < 1.29 is 9.53 Å². The zero-order chi connectivity index (χ0) is 19.3. The summed E-state index contributed by atoms with van der Waals surface area (Å²) < 4.78 is 7.63. The van der Waals surface area contributed by atoms with Crippen molar-refractivity contribution in [1.29, 1.82) is 0 Å². The fraction of sp³-hybridized carbons (Fsp3) is 0.318. The van der Waals surface area contributed by atoms with Crippen LogP contribution in [0.25, 0.3) is 11.4 Å². The van der Waals surface area contributed by atoms with E-state index in [4.69, 9.17) is 4.74 Å². The maximum Gasteiger partial charge on any atom is 0.258 e. The Bertz CT molecular complexity index is 952. The molecule has 0 aliphatic carbocycles. The minimum absolute atomic E-state index is 0.203. The molecule has 1 aliphatic rings. The predicted octanol–water partition coefficient (Wildman–Crippen LogP) is 4.00. The van der Waals surface area contributed by atoms with Crippen molar-refractivity contribution >= 4 is 11.6 Å². The van der Waals surface area contributed by atoms with Crippen LogP contribution in [0.2, 0.25) is 0 Å². The highest BCUT2D eigenvalue weighted by atomic mass is 16.5. The maximum atomic E-state index is 12.8. The van der Waals surface area contributed by atoms with E-state index in [2.05, 4.69) is 20.1 Å². The third-order valence-corrected chi connectivity index (χ3v) is 5.07. The van der Waals surface area contributed by atoms with E-state index < -0.39 is 6.10 Å². The number of benzene rings is 2. The van der Waals surface area contributed by atoms with Crippen LogP contribution in [-0.2, 0) is 22.5 Å². The van der Waals surface area contributed by atoms with Gasteiger partial charge in [-0.25, -0.2) is 0 Å². The second-order valence-electron chi connectivity index (χ2n) is 7.00. The fourth-order valence-corrected chi connectivity index (χ4v) is 3.66. The van der Waals surface area contributed by atoms with E-state index in [9.17, 15) is 4.79 Å². The molecule has 1 atom stereocenters. The molecule has 0 radical (unpaired) electrons. The second-order valence-corrected chi connectivity index (χ2v) is 7.00. The third kappa shape index (κ3) is 3.82. The van der Waals surface area contributed by atoms with Gasteiger partial charge in [0.05, 0.1) is 0 Å². The number of methoxy groups -OCH3 is 1. The van der Waals surface area contributed by atoms with Gasteiger partial charge in [0.1, 0.15) is 5.82 Å². The van der Waals surface area contributed by atoms with Gasteiger partial charge < -0.3 is 14.6 Å². The highest BCUT2D eigenvalue weighted by Crippen LogP contribution is 2.26. The third-order valence-electron chi connectivity index (χ3n) is 5.07. The zero-order valence-corrected chi connectivity index (χ0v) is 16.0. The summed E-state index contributed by atoms with van der Waals surface area (Å²) in [6.45, 7) is 0.939. The zero-order valence-electron chi connectivity index (χ0n) is 16.0. The molecule has 1 N–H and O–H groups in total. The van der Waals surface area contributed by atoms with Crippen LogP contribution in [0.5, 0.6) is 0 Å². The highest BCUT2D eigenvalue weighted by Gasteiger charge is 2.21. The van der Waals surface area contributed by atoms with E-state index in [-0.39, 0.29) is 5.91 Å². The van der Waals surface area contributed by atoms with Gasteiger partial charge in [0, 0.05) is 31.3 Å². The predicted molar refractivity (Wildman–Crippen MR) is 108 cm³/mol. The first-order valence-electron chi connectivity index (χ1n) is 9.67. The van der Waals surface area contributed by atoms with Gasteiger partial charge in [-0.1, -0.05) is 48.9 Å². The van der Waals surface area contributed by atoms with Crippen LogP contribution in [0.4, 0.5) is 5.69 Å². The molecule has 6 heteroatoms. The molecule has 2 aromatic carbocycles. The number of hydrogen-bond acceptors (Lipinski definition) is 4. The average Bonchev–Trinajstić information content (AvgIpc) is 2.98. The van der Waals surface area contributed by atoms with E-state index in [1.165, 1.54) is 6.42 Å². The number of amides is 1. The van der Waals surface area contributed by atoms with Gasteiger partial charge in [-0.05, 0) is 30.5 Å². The molecule has 4 rings (SSSR count). The SMILES string of the molecule is CO[C@H](C(=O)Nc1cccc(-c2nnc3n2CCCCC3)c1)c1ccccc1. The summed E-state index contributed by atoms with van der Waals surface area (Å²) in [5.74, 6) is 1.70. The number of fused-ring (bicyclic) bond motifs is 1. The molecule has 1 aromatic heterocycles. The molecule has 0 saturated carbocycles. The number of nitrogens with zero attached hydrogens (tertiary/aromatic N) is 3. The van der Waals surface area contributed by atoms with Crippen LogP contribution in [0, 0.1) is 0 Å². The number of nitrogens with one attached hydrogen (secondary N) is 1. The molecule has 28 heavy (non-hydrogen) atoms. The lowest BCUT2D eigenvalue weighted by atomic mass is 10.1. The number of hydrogen-bond donors (Lipinski definition) is 1. The van der Waals surface area contributed by atoms with Crippen LogP contribution in [0.3, 0.4) is 0 Å². The molecule has 0 fully saturated rings. The Labute approximate surface area is 164 Å². The first-order chi connectivity index (χ1) is 13.8. The summed E-state index contributed by atoms with van der Waals surface area (Å²) in [7, 11) is 1.54. The summed E-state index contributed by atoms with van der Waals surface area (Å²) >= 11 is 0. The first kappa shape index (κ1) is 18.4. The summed E-state index contributed by atoms with van der Waals surface area (Å²) in [6.07, 6.45) is 3.83. The van der Waals surface area contributed by atoms with Crippen LogP contribution < -0.4 is 5.32 Å². The summed E-state index contributed by atoms with van der Waals surface area (Å²) in [5, 5.41) is 11.7. The molecule has 2 heterocycles. The molecule has 0 bridgehead atoms. The van der Waals surface area contributed by atoms with Crippen molar-refractivity contribution in [2.75, 3.05) is 12.4 Å².